The van der Waals surface area contributed by atoms with Gasteiger partial charge in [0.05, 0.1) is 11.1 Å². The molecule has 0 atom stereocenters. The summed E-state index contributed by atoms with van der Waals surface area (Å²) in [5, 5.41) is 0.319. The van der Waals surface area contributed by atoms with E-state index in [2.05, 4.69) is 9.98 Å². The molecule has 0 fully saturated rings. The molecule has 3 rings (SSSR count). The number of amides is 1. The Morgan fingerprint density at radius 1 is 1.08 bits per heavy atom. The third-order valence-corrected chi connectivity index (χ3v) is 3.71. The Labute approximate surface area is 145 Å². The first-order valence-corrected chi connectivity index (χ1v) is 7.42. The van der Waals surface area contributed by atoms with Crippen molar-refractivity contribution in [1.29, 1.82) is 0 Å². The van der Waals surface area contributed by atoms with Gasteiger partial charge in [0.1, 0.15) is 11.6 Å². The number of hydrogen-bond acceptors (Lipinski definition) is 2. The molecule has 0 aliphatic carbocycles. The highest BCUT2D eigenvalue weighted by Crippen LogP contribution is 2.33. The lowest BCUT2D eigenvalue weighted by atomic mass is 9.98. The lowest BCUT2D eigenvalue weighted by Gasteiger charge is -2.10. The Morgan fingerprint density at radius 3 is 2.40 bits per heavy atom. The number of guanidine groups is 1. The fraction of sp³-hybridized carbons (Fsp3) is 0. The summed E-state index contributed by atoms with van der Waals surface area (Å²) < 4.78 is 28.6. The van der Waals surface area contributed by atoms with Crippen molar-refractivity contribution < 1.29 is 13.6 Å². The van der Waals surface area contributed by atoms with Gasteiger partial charge in [-0.2, -0.15) is 4.99 Å². The number of carbonyl (C=O) groups is 1. The van der Waals surface area contributed by atoms with E-state index in [0.717, 1.165) is 12.1 Å². The average Bonchev–Trinajstić information content (AvgIpc) is 2.53. The first kappa shape index (κ1) is 16.8. The van der Waals surface area contributed by atoms with Crippen molar-refractivity contribution in [2.75, 3.05) is 0 Å². The summed E-state index contributed by atoms with van der Waals surface area (Å²) in [5.41, 5.74) is 11.0. The Balaban J connectivity index is 2.27. The maximum Gasteiger partial charge on any atom is 0.280 e. The second-order valence-electron chi connectivity index (χ2n) is 5.18. The third kappa shape index (κ3) is 3.27. The minimum atomic E-state index is -0.821. The molecule has 0 saturated heterocycles. The van der Waals surface area contributed by atoms with Crippen molar-refractivity contribution in [3.05, 3.63) is 64.8 Å². The van der Waals surface area contributed by atoms with Crippen LogP contribution in [0.1, 0.15) is 10.4 Å². The van der Waals surface area contributed by atoms with Crippen molar-refractivity contribution >= 4 is 34.4 Å². The van der Waals surface area contributed by atoms with E-state index in [1.807, 2.05) is 0 Å². The minimum absolute atomic E-state index is 0.0549. The Hall–Kier alpha value is -3.06. The Bertz CT molecular complexity index is 1010. The van der Waals surface area contributed by atoms with Crippen LogP contribution in [0.4, 0.5) is 8.78 Å². The molecule has 2 aromatic carbocycles. The molecule has 0 bridgehead atoms. The van der Waals surface area contributed by atoms with Crippen molar-refractivity contribution in [3.8, 4) is 11.1 Å². The van der Waals surface area contributed by atoms with Gasteiger partial charge in [0.15, 0.2) is 5.96 Å². The van der Waals surface area contributed by atoms with Gasteiger partial charge in [0.2, 0.25) is 0 Å². The van der Waals surface area contributed by atoms with Gasteiger partial charge in [0, 0.05) is 22.2 Å². The van der Waals surface area contributed by atoms with Gasteiger partial charge in [-0.25, -0.2) is 8.78 Å². The Kier molecular flexibility index (Phi) is 4.33. The molecule has 0 radical (unpaired) electrons. The molecule has 0 saturated carbocycles. The number of benzene rings is 2. The Morgan fingerprint density at radius 2 is 1.76 bits per heavy atom. The molecule has 1 amide bonds. The highest BCUT2D eigenvalue weighted by Gasteiger charge is 2.17. The number of halogens is 3. The zero-order chi connectivity index (χ0) is 18.1. The third-order valence-electron chi connectivity index (χ3n) is 3.50. The molecule has 0 unspecified atom stereocenters. The molecular weight excluding hydrogens is 350 g/mol. The average molecular weight is 361 g/mol. The summed E-state index contributed by atoms with van der Waals surface area (Å²) in [4.78, 5) is 19.6. The largest absolute Gasteiger partial charge is 0.370 e. The number of aliphatic imine (C=N–C) groups is 1. The summed E-state index contributed by atoms with van der Waals surface area (Å²) in [6.07, 6.45) is 1.42. The van der Waals surface area contributed by atoms with Crippen molar-refractivity contribution in [3.63, 3.8) is 0 Å². The monoisotopic (exact) mass is 360 g/mol. The van der Waals surface area contributed by atoms with Gasteiger partial charge in [0.25, 0.3) is 5.91 Å². The van der Waals surface area contributed by atoms with E-state index in [4.69, 9.17) is 23.1 Å². The van der Waals surface area contributed by atoms with Crippen molar-refractivity contribution in [2.24, 2.45) is 16.5 Å². The van der Waals surface area contributed by atoms with Crippen LogP contribution in [0.5, 0.6) is 0 Å². The van der Waals surface area contributed by atoms with Crippen LogP contribution in [0.2, 0.25) is 5.02 Å². The van der Waals surface area contributed by atoms with Crippen molar-refractivity contribution in [1.82, 2.24) is 4.98 Å². The van der Waals surface area contributed by atoms with Gasteiger partial charge in [-0.1, -0.05) is 11.6 Å². The van der Waals surface area contributed by atoms with Crippen LogP contribution >= 0.6 is 11.6 Å². The van der Waals surface area contributed by atoms with Crippen LogP contribution in [0.3, 0.4) is 0 Å². The summed E-state index contributed by atoms with van der Waals surface area (Å²) in [5.74, 6) is -2.70. The lowest BCUT2D eigenvalue weighted by molar-refractivity contribution is 0.100. The van der Waals surface area contributed by atoms with E-state index < -0.39 is 17.5 Å². The van der Waals surface area contributed by atoms with Gasteiger partial charge in [-0.3, -0.25) is 9.78 Å². The summed E-state index contributed by atoms with van der Waals surface area (Å²) in [7, 11) is 0. The number of aromatic nitrogens is 1. The lowest BCUT2D eigenvalue weighted by Crippen LogP contribution is -2.24. The minimum Gasteiger partial charge on any atom is -0.370 e. The molecule has 126 valence electrons. The van der Waals surface area contributed by atoms with Crippen LogP contribution in [0.15, 0.2) is 47.6 Å². The topological polar surface area (TPSA) is 94.4 Å². The molecule has 25 heavy (non-hydrogen) atoms. The van der Waals surface area contributed by atoms with E-state index in [1.165, 1.54) is 24.4 Å². The number of hydrogen-bond donors (Lipinski definition) is 2. The normalized spacial score (nSPS) is 10.7. The number of nitrogens with two attached hydrogens (primary N) is 2. The van der Waals surface area contributed by atoms with E-state index in [9.17, 15) is 13.6 Å². The second-order valence-corrected chi connectivity index (χ2v) is 5.61. The number of fused-ring (bicyclic) bond motifs is 1. The highest BCUT2D eigenvalue weighted by atomic mass is 35.5. The van der Waals surface area contributed by atoms with E-state index >= 15 is 0 Å². The zero-order valence-corrected chi connectivity index (χ0v) is 13.4. The van der Waals surface area contributed by atoms with Gasteiger partial charge in [-0.05, 0) is 42.0 Å². The van der Waals surface area contributed by atoms with Crippen LogP contribution in [0, 0.1) is 11.6 Å². The summed E-state index contributed by atoms with van der Waals surface area (Å²) >= 11 is 5.67. The van der Waals surface area contributed by atoms with Crippen LogP contribution in [-0.2, 0) is 0 Å². The molecule has 0 aliphatic rings. The number of nitrogens with zero attached hydrogens (tertiary/aromatic N) is 2. The molecule has 1 heterocycles. The molecule has 0 aliphatic heterocycles. The van der Waals surface area contributed by atoms with E-state index in [-0.39, 0.29) is 27.7 Å². The number of carbonyl (C=O) groups excluding carboxylic acids is 1. The maximum absolute atomic E-state index is 14.3. The smallest absolute Gasteiger partial charge is 0.280 e. The summed E-state index contributed by atoms with van der Waals surface area (Å²) in [6, 6.07) is 7.93. The molecule has 5 nitrogen and oxygen atoms in total. The number of rotatable bonds is 2. The predicted octanol–water partition coefficient (Wildman–Crippen LogP) is 3.25. The predicted molar refractivity (Wildman–Crippen MR) is 92.2 cm³/mol. The van der Waals surface area contributed by atoms with Crippen LogP contribution < -0.4 is 11.5 Å². The van der Waals surface area contributed by atoms with E-state index in [1.54, 1.807) is 6.07 Å². The SMILES string of the molecule is NC(N)=NC(=O)c1ccc2nccc(-c3c(F)cc(Cl)cc3F)c2c1. The molecular formula is C17H11ClF2N4O. The van der Waals surface area contributed by atoms with Gasteiger partial charge in [-0.15, -0.1) is 0 Å². The zero-order valence-electron chi connectivity index (χ0n) is 12.6. The fourth-order valence-electron chi connectivity index (χ4n) is 2.48. The number of pyridine rings is 1. The molecule has 1 aromatic heterocycles. The first-order valence-electron chi connectivity index (χ1n) is 7.04. The van der Waals surface area contributed by atoms with Gasteiger partial charge >= 0.3 is 0 Å². The van der Waals surface area contributed by atoms with E-state index in [0.29, 0.717) is 10.9 Å². The van der Waals surface area contributed by atoms with Crippen molar-refractivity contribution in [2.45, 2.75) is 0 Å². The molecule has 8 heteroatoms. The van der Waals surface area contributed by atoms with Crippen LogP contribution in [0.25, 0.3) is 22.0 Å². The fourth-order valence-corrected chi connectivity index (χ4v) is 2.67. The highest BCUT2D eigenvalue weighted by molar-refractivity contribution is 6.30. The standard InChI is InChI=1S/C17H11ClF2N4O/c18-9-6-12(19)15(13(20)7-9)10-3-4-23-14-2-1-8(5-11(10)14)16(25)24-17(21)22/h1-7H,(H4,21,22,24,25). The quantitative estimate of drug-likeness (QED) is 0.541. The second kappa shape index (κ2) is 6.45. The summed E-state index contributed by atoms with van der Waals surface area (Å²) in [6.45, 7) is 0. The molecule has 3 aromatic rings. The first-order chi connectivity index (χ1) is 11.9. The van der Waals surface area contributed by atoms with Crippen LogP contribution in [-0.4, -0.2) is 16.9 Å². The maximum atomic E-state index is 14.3. The molecule has 0 spiro atoms. The molecule has 4 N–H and O–H groups in total. The van der Waals surface area contributed by atoms with Gasteiger partial charge < -0.3 is 11.5 Å².